The number of anilines is 1. The average Bonchev–Trinajstić information content (AvgIpc) is 2.60. The van der Waals surface area contributed by atoms with Crippen molar-refractivity contribution in [3.05, 3.63) is 53.8 Å². The van der Waals surface area contributed by atoms with E-state index in [-0.39, 0.29) is 12.4 Å². The van der Waals surface area contributed by atoms with Crippen molar-refractivity contribution in [2.24, 2.45) is 0 Å². The summed E-state index contributed by atoms with van der Waals surface area (Å²) in [5.41, 5.74) is -0.583. The van der Waals surface area contributed by atoms with E-state index in [4.69, 9.17) is 9.47 Å². The van der Waals surface area contributed by atoms with Crippen LogP contribution in [0.2, 0.25) is 0 Å². The minimum absolute atomic E-state index is 0.0320. The second kappa shape index (κ2) is 8.30. The van der Waals surface area contributed by atoms with Crippen molar-refractivity contribution in [1.82, 2.24) is 0 Å². The van der Waals surface area contributed by atoms with Gasteiger partial charge in [0.2, 0.25) is 0 Å². The maximum absolute atomic E-state index is 14.2. The Balaban J connectivity index is 2.57. The summed E-state index contributed by atoms with van der Waals surface area (Å²) in [7, 11) is -3.37. The van der Waals surface area contributed by atoms with Crippen LogP contribution in [0.3, 0.4) is 0 Å². The third kappa shape index (κ3) is 4.51. The van der Waals surface area contributed by atoms with Crippen molar-refractivity contribution < 1.29 is 35.9 Å². The molecule has 0 saturated heterocycles. The Bertz CT molecular complexity index is 950. The molecule has 6 nitrogen and oxygen atoms in total. The van der Waals surface area contributed by atoms with Gasteiger partial charge in [-0.3, -0.25) is 9.10 Å². The topological polar surface area (TPSA) is 72.9 Å². The highest BCUT2D eigenvalue weighted by molar-refractivity contribution is 7.92. The van der Waals surface area contributed by atoms with Crippen LogP contribution >= 0.6 is 0 Å². The fourth-order valence-corrected chi connectivity index (χ4v) is 3.67. The predicted octanol–water partition coefficient (Wildman–Crippen LogP) is 2.87. The first-order valence-corrected chi connectivity index (χ1v) is 9.11. The van der Waals surface area contributed by atoms with Crippen LogP contribution in [0.15, 0.2) is 41.3 Å². The molecule has 0 saturated carbocycles. The van der Waals surface area contributed by atoms with Crippen molar-refractivity contribution in [2.75, 3.05) is 24.6 Å². The molecular weight excluding hydrogens is 387 g/mol. The summed E-state index contributed by atoms with van der Waals surface area (Å²) in [5.74, 6) is -4.26. The van der Waals surface area contributed by atoms with Crippen LogP contribution in [0.5, 0.6) is 5.75 Å². The SMILES string of the molecule is CCOC(=O)CN(c1ccc(F)cc1F)S(=O)(=O)c1ccc(OC)c(F)c1. The quantitative estimate of drug-likeness (QED) is 0.665. The molecule has 0 spiro atoms. The number of ether oxygens (including phenoxy) is 2. The highest BCUT2D eigenvalue weighted by Crippen LogP contribution is 2.29. The van der Waals surface area contributed by atoms with Crippen LogP contribution in [-0.2, 0) is 19.6 Å². The molecule has 0 aliphatic carbocycles. The molecular formula is C17H16F3NO5S. The van der Waals surface area contributed by atoms with Crippen molar-refractivity contribution in [3.63, 3.8) is 0 Å². The Morgan fingerprint density at radius 1 is 1.07 bits per heavy atom. The zero-order valence-corrected chi connectivity index (χ0v) is 15.2. The number of benzene rings is 2. The van der Waals surface area contributed by atoms with E-state index in [1.807, 2.05) is 0 Å². The molecule has 0 aromatic heterocycles. The number of nitrogens with zero attached hydrogens (tertiary/aromatic N) is 1. The molecule has 0 fully saturated rings. The lowest BCUT2D eigenvalue weighted by molar-refractivity contribution is -0.141. The van der Waals surface area contributed by atoms with Gasteiger partial charge < -0.3 is 9.47 Å². The fourth-order valence-electron chi connectivity index (χ4n) is 2.24. The first-order valence-electron chi connectivity index (χ1n) is 7.67. The molecule has 2 aromatic rings. The Labute approximate surface area is 154 Å². The van der Waals surface area contributed by atoms with Crippen molar-refractivity contribution >= 4 is 21.7 Å². The molecule has 0 unspecified atom stereocenters. The fraction of sp³-hybridized carbons (Fsp3) is 0.235. The number of esters is 1. The second-order valence-electron chi connectivity index (χ2n) is 5.21. The van der Waals surface area contributed by atoms with E-state index in [0.717, 1.165) is 24.3 Å². The van der Waals surface area contributed by atoms with Crippen molar-refractivity contribution in [1.29, 1.82) is 0 Å². The molecule has 0 radical (unpaired) electrons. The van der Waals surface area contributed by atoms with Gasteiger partial charge in [0.1, 0.15) is 18.2 Å². The molecule has 0 heterocycles. The third-order valence-corrected chi connectivity index (χ3v) is 5.22. The lowest BCUT2D eigenvalue weighted by atomic mass is 10.3. The number of sulfonamides is 1. The molecule has 0 aliphatic rings. The lowest BCUT2D eigenvalue weighted by Crippen LogP contribution is -2.37. The van der Waals surface area contributed by atoms with Gasteiger partial charge in [0.25, 0.3) is 10.0 Å². The summed E-state index contributed by atoms with van der Waals surface area (Å²) in [4.78, 5) is 11.3. The number of rotatable bonds is 7. The molecule has 10 heteroatoms. The van der Waals surface area contributed by atoms with E-state index in [1.54, 1.807) is 0 Å². The molecule has 146 valence electrons. The Kier molecular flexibility index (Phi) is 6.32. The smallest absolute Gasteiger partial charge is 0.326 e. The number of hydrogen-bond acceptors (Lipinski definition) is 5. The summed E-state index contributed by atoms with van der Waals surface area (Å²) in [6.45, 7) is 0.593. The van der Waals surface area contributed by atoms with Crippen LogP contribution < -0.4 is 9.04 Å². The van der Waals surface area contributed by atoms with Gasteiger partial charge in [-0.05, 0) is 37.3 Å². The van der Waals surface area contributed by atoms with Crippen LogP contribution in [0.4, 0.5) is 18.9 Å². The van der Waals surface area contributed by atoms with Crippen LogP contribution in [-0.4, -0.2) is 34.6 Å². The van der Waals surface area contributed by atoms with E-state index in [1.165, 1.54) is 14.0 Å². The van der Waals surface area contributed by atoms with Gasteiger partial charge in [-0.25, -0.2) is 21.6 Å². The monoisotopic (exact) mass is 403 g/mol. The van der Waals surface area contributed by atoms with E-state index < -0.39 is 50.6 Å². The van der Waals surface area contributed by atoms with Crippen LogP contribution in [0.1, 0.15) is 6.92 Å². The highest BCUT2D eigenvalue weighted by atomic mass is 32.2. The first kappa shape index (κ1) is 20.6. The summed E-state index contributed by atoms with van der Waals surface area (Å²) < 4.78 is 77.0. The van der Waals surface area contributed by atoms with Gasteiger partial charge >= 0.3 is 5.97 Å². The van der Waals surface area contributed by atoms with Crippen molar-refractivity contribution in [3.8, 4) is 5.75 Å². The maximum Gasteiger partial charge on any atom is 0.326 e. The number of carbonyl (C=O) groups is 1. The number of methoxy groups -OCH3 is 1. The van der Waals surface area contributed by atoms with E-state index in [2.05, 4.69) is 0 Å². The number of hydrogen-bond donors (Lipinski definition) is 0. The van der Waals surface area contributed by atoms with Gasteiger partial charge in [-0.15, -0.1) is 0 Å². The average molecular weight is 403 g/mol. The molecule has 0 N–H and O–H groups in total. The van der Waals surface area contributed by atoms with Gasteiger partial charge in [0.15, 0.2) is 11.6 Å². The molecule has 2 aromatic carbocycles. The van der Waals surface area contributed by atoms with E-state index in [0.29, 0.717) is 16.4 Å². The molecule has 0 atom stereocenters. The Hall–Kier alpha value is -2.75. The molecule has 0 bridgehead atoms. The van der Waals surface area contributed by atoms with Gasteiger partial charge in [-0.1, -0.05) is 0 Å². The van der Waals surface area contributed by atoms with Gasteiger partial charge in [0, 0.05) is 6.07 Å². The Morgan fingerprint density at radius 3 is 2.33 bits per heavy atom. The second-order valence-corrected chi connectivity index (χ2v) is 7.07. The minimum Gasteiger partial charge on any atom is -0.494 e. The zero-order chi connectivity index (χ0) is 20.2. The largest absolute Gasteiger partial charge is 0.494 e. The minimum atomic E-state index is -4.58. The van der Waals surface area contributed by atoms with Crippen LogP contribution in [0.25, 0.3) is 0 Å². The first-order chi connectivity index (χ1) is 12.7. The number of carbonyl (C=O) groups excluding carboxylic acids is 1. The molecule has 0 aliphatic heterocycles. The molecule has 27 heavy (non-hydrogen) atoms. The Morgan fingerprint density at radius 2 is 1.78 bits per heavy atom. The zero-order valence-electron chi connectivity index (χ0n) is 14.4. The summed E-state index contributed by atoms with van der Waals surface area (Å²) in [5, 5.41) is 0. The third-order valence-electron chi connectivity index (χ3n) is 3.47. The van der Waals surface area contributed by atoms with E-state index >= 15 is 0 Å². The normalized spacial score (nSPS) is 11.1. The van der Waals surface area contributed by atoms with Gasteiger partial charge in [0.05, 0.1) is 24.3 Å². The van der Waals surface area contributed by atoms with Gasteiger partial charge in [-0.2, -0.15) is 0 Å². The molecule has 0 amide bonds. The lowest BCUT2D eigenvalue weighted by Gasteiger charge is -2.24. The summed E-state index contributed by atoms with van der Waals surface area (Å²) in [6, 6.07) is 4.95. The maximum atomic E-state index is 14.2. The van der Waals surface area contributed by atoms with Crippen LogP contribution in [0, 0.1) is 17.5 Å². The number of halogens is 3. The van der Waals surface area contributed by atoms with Crippen molar-refractivity contribution in [2.45, 2.75) is 11.8 Å². The summed E-state index contributed by atoms with van der Waals surface area (Å²) in [6.07, 6.45) is 0. The standard InChI is InChI=1S/C17H16F3NO5S/c1-3-26-17(22)10-21(15-6-4-11(18)8-13(15)19)27(23,24)12-5-7-16(25-2)14(20)9-12/h4-9H,3,10H2,1-2H3. The van der Waals surface area contributed by atoms with E-state index in [9.17, 15) is 26.4 Å². The predicted molar refractivity (Wildman–Crippen MR) is 90.5 cm³/mol. The summed E-state index contributed by atoms with van der Waals surface area (Å²) >= 11 is 0. The highest BCUT2D eigenvalue weighted by Gasteiger charge is 2.30. The molecule has 2 rings (SSSR count).